The number of nitrogens with one attached hydrogen (secondary N) is 1. The predicted octanol–water partition coefficient (Wildman–Crippen LogP) is 5.40. The van der Waals surface area contributed by atoms with E-state index in [9.17, 15) is 4.79 Å². The van der Waals surface area contributed by atoms with Crippen LogP contribution in [-0.2, 0) is 0 Å². The van der Waals surface area contributed by atoms with Gasteiger partial charge in [-0.2, -0.15) is 5.10 Å². The monoisotopic (exact) mass is 374 g/mol. The number of carbonyl (C=O) groups is 1. The molecule has 126 valence electrons. The highest BCUT2D eigenvalue weighted by atomic mass is 35.5. The molecule has 5 nitrogen and oxygen atoms in total. The summed E-state index contributed by atoms with van der Waals surface area (Å²) < 4.78 is 5.68. The SMILES string of the molecule is O=C(O)c1ccc(NN=Cc2ccc(-c3ccc(Cl)cc3Cl)o2)cc1. The number of aromatic carboxylic acids is 1. The Bertz CT molecular complexity index is 934. The van der Waals surface area contributed by atoms with Crippen LogP contribution in [0.2, 0.25) is 10.0 Å². The van der Waals surface area contributed by atoms with Crippen molar-refractivity contribution >= 4 is 41.1 Å². The van der Waals surface area contributed by atoms with E-state index in [1.807, 2.05) is 0 Å². The van der Waals surface area contributed by atoms with E-state index in [1.54, 1.807) is 42.5 Å². The van der Waals surface area contributed by atoms with Crippen molar-refractivity contribution in [2.24, 2.45) is 5.10 Å². The van der Waals surface area contributed by atoms with Crippen molar-refractivity contribution in [3.8, 4) is 11.3 Å². The van der Waals surface area contributed by atoms with Gasteiger partial charge in [-0.05, 0) is 54.6 Å². The predicted molar refractivity (Wildman–Crippen MR) is 98.8 cm³/mol. The van der Waals surface area contributed by atoms with E-state index in [-0.39, 0.29) is 5.56 Å². The molecule has 25 heavy (non-hydrogen) atoms. The van der Waals surface area contributed by atoms with E-state index in [4.69, 9.17) is 32.7 Å². The molecule has 3 aromatic rings. The van der Waals surface area contributed by atoms with Crippen molar-refractivity contribution in [2.75, 3.05) is 5.43 Å². The maximum Gasteiger partial charge on any atom is 0.335 e. The Kier molecular flexibility index (Phi) is 5.07. The minimum atomic E-state index is -0.973. The Morgan fingerprint density at radius 1 is 1.08 bits per heavy atom. The Balaban J connectivity index is 1.68. The van der Waals surface area contributed by atoms with Crippen LogP contribution in [-0.4, -0.2) is 17.3 Å². The lowest BCUT2D eigenvalue weighted by molar-refractivity contribution is 0.0697. The van der Waals surface area contributed by atoms with Crippen LogP contribution in [0, 0.1) is 0 Å². The van der Waals surface area contributed by atoms with Gasteiger partial charge in [0.15, 0.2) is 0 Å². The highest BCUT2D eigenvalue weighted by Gasteiger charge is 2.08. The lowest BCUT2D eigenvalue weighted by Crippen LogP contribution is -1.96. The van der Waals surface area contributed by atoms with Crippen molar-refractivity contribution in [2.45, 2.75) is 0 Å². The number of nitrogens with zero attached hydrogens (tertiary/aromatic N) is 1. The lowest BCUT2D eigenvalue weighted by Gasteiger charge is -2.01. The second-order valence-electron chi connectivity index (χ2n) is 5.08. The van der Waals surface area contributed by atoms with Crippen LogP contribution in [0.5, 0.6) is 0 Å². The molecule has 0 spiro atoms. The van der Waals surface area contributed by atoms with Gasteiger partial charge in [0.25, 0.3) is 0 Å². The standard InChI is InChI=1S/C18H12Cl2N2O3/c19-12-3-7-15(16(20)9-12)17-8-6-14(25-17)10-21-22-13-4-1-11(2-5-13)18(23)24/h1-10,22H,(H,23,24). The van der Waals surface area contributed by atoms with Gasteiger partial charge in [-0.1, -0.05) is 23.2 Å². The van der Waals surface area contributed by atoms with Crippen LogP contribution in [0.25, 0.3) is 11.3 Å². The zero-order valence-electron chi connectivity index (χ0n) is 12.7. The molecule has 0 bridgehead atoms. The van der Waals surface area contributed by atoms with Crippen LogP contribution in [0.15, 0.2) is 64.1 Å². The van der Waals surface area contributed by atoms with Crippen molar-refractivity contribution in [3.05, 3.63) is 76.0 Å². The largest absolute Gasteiger partial charge is 0.478 e. The molecule has 0 aliphatic rings. The molecule has 0 saturated carbocycles. The second kappa shape index (κ2) is 7.42. The zero-order valence-corrected chi connectivity index (χ0v) is 14.3. The van der Waals surface area contributed by atoms with E-state index in [1.165, 1.54) is 18.3 Å². The number of carboxylic acids is 1. The summed E-state index contributed by atoms with van der Waals surface area (Å²) in [4.78, 5) is 10.8. The Morgan fingerprint density at radius 3 is 2.52 bits per heavy atom. The van der Waals surface area contributed by atoms with Crippen molar-refractivity contribution in [3.63, 3.8) is 0 Å². The molecule has 0 saturated heterocycles. The first kappa shape index (κ1) is 17.1. The van der Waals surface area contributed by atoms with Crippen molar-refractivity contribution < 1.29 is 14.3 Å². The fourth-order valence-electron chi connectivity index (χ4n) is 2.11. The lowest BCUT2D eigenvalue weighted by atomic mass is 10.2. The highest BCUT2D eigenvalue weighted by Crippen LogP contribution is 2.31. The maximum absolute atomic E-state index is 10.8. The van der Waals surface area contributed by atoms with E-state index < -0.39 is 5.97 Å². The molecule has 1 heterocycles. The summed E-state index contributed by atoms with van der Waals surface area (Å²) in [6.07, 6.45) is 1.51. The van der Waals surface area contributed by atoms with Crippen LogP contribution in [0.3, 0.4) is 0 Å². The van der Waals surface area contributed by atoms with Gasteiger partial charge >= 0.3 is 5.97 Å². The van der Waals surface area contributed by atoms with Gasteiger partial charge in [0.05, 0.1) is 22.5 Å². The molecule has 7 heteroatoms. The number of benzene rings is 2. The summed E-state index contributed by atoms with van der Waals surface area (Å²) in [5.41, 5.74) is 4.41. The molecule has 0 unspecified atom stereocenters. The summed E-state index contributed by atoms with van der Waals surface area (Å²) in [6.45, 7) is 0. The van der Waals surface area contributed by atoms with Crippen LogP contribution >= 0.6 is 23.2 Å². The van der Waals surface area contributed by atoms with Crippen molar-refractivity contribution in [1.82, 2.24) is 0 Å². The molecular formula is C18H12Cl2N2O3. The first-order valence-corrected chi connectivity index (χ1v) is 7.96. The van der Waals surface area contributed by atoms with Gasteiger partial charge in [-0.3, -0.25) is 5.43 Å². The summed E-state index contributed by atoms with van der Waals surface area (Å²) in [7, 11) is 0. The molecule has 0 amide bonds. The number of anilines is 1. The molecule has 0 aliphatic heterocycles. The Hall–Kier alpha value is -2.76. The average Bonchev–Trinajstić information content (AvgIpc) is 3.04. The third kappa shape index (κ3) is 4.21. The molecule has 0 atom stereocenters. The molecule has 2 N–H and O–H groups in total. The summed E-state index contributed by atoms with van der Waals surface area (Å²) in [6, 6.07) is 15.0. The number of halogens is 2. The fourth-order valence-corrected chi connectivity index (χ4v) is 2.62. The van der Waals surface area contributed by atoms with Gasteiger partial charge in [0, 0.05) is 10.6 Å². The van der Waals surface area contributed by atoms with Crippen LogP contribution in [0.4, 0.5) is 5.69 Å². The Labute approximate surface area is 153 Å². The van der Waals surface area contributed by atoms with E-state index in [0.717, 1.165) is 5.56 Å². The first-order chi connectivity index (χ1) is 12.0. The van der Waals surface area contributed by atoms with Gasteiger partial charge in [0.1, 0.15) is 11.5 Å². The summed E-state index contributed by atoms with van der Waals surface area (Å²) in [5.74, 6) is 0.170. The van der Waals surface area contributed by atoms with Gasteiger partial charge in [-0.25, -0.2) is 4.79 Å². The summed E-state index contributed by atoms with van der Waals surface area (Å²) >= 11 is 12.0. The number of hydrazone groups is 1. The molecule has 0 aliphatic carbocycles. The van der Waals surface area contributed by atoms with Gasteiger partial charge in [0.2, 0.25) is 0 Å². The molecular weight excluding hydrogens is 363 g/mol. The Morgan fingerprint density at radius 2 is 1.84 bits per heavy atom. The number of furan rings is 1. The third-order valence-corrected chi connectivity index (χ3v) is 3.89. The second-order valence-corrected chi connectivity index (χ2v) is 5.92. The van der Waals surface area contributed by atoms with Crippen molar-refractivity contribution in [1.29, 1.82) is 0 Å². The van der Waals surface area contributed by atoms with Crippen LogP contribution < -0.4 is 5.43 Å². The quantitative estimate of drug-likeness (QED) is 0.463. The first-order valence-electron chi connectivity index (χ1n) is 7.20. The number of hydrogen-bond acceptors (Lipinski definition) is 4. The van der Waals surface area contributed by atoms with Gasteiger partial charge < -0.3 is 9.52 Å². The number of carboxylic acid groups (broad SMARTS) is 1. The number of rotatable bonds is 5. The average molecular weight is 375 g/mol. The van der Waals surface area contributed by atoms with Crippen LogP contribution in [0.1, 0.15) is 16.1 Å². The van der Waals surface area contributed by atoms with E-state index in [0.29, 0.717) is 27.3 Å². The minimum absolute atomic E-state index is 0.213. The van der Waals surface area contributed by atoms with E-state index >= 15 is 0 Å². The minimum Gasteiger partial charge on any atom is -0.478 e. The maximum atomic E-state index is 10.8. The topological polar surface area (TPSA) is 74.8 Å². The molecule has 3 rings (SSSR count). The zero-order chi connectivity index (χ0) is 17.8. The smallest absolute Gasteiger partial charge is 0.335 e. The van der Waals surface area contributed by atoms with E-state index in [2.05, 4.69) is 10.5 Å². The molecule has 1 aromatic heterocycles. The van der Waals surface area contributed by atoms with Gasteiger partial charge in [-0.15, -0.1) is 0 Å². The third-order valence-electron chi connectivity index (χ3n) is 3.34. The fraction of sp³-hybridized carbons (Fsp3) is 0. The molecule has 0 fully saturated rings. The molecule has 0 radical (unpaired) electrons. The highest BCUT2D eigenvalue weighted by molar-refractivity contribution is 6.36. The summed E-state index contributed by atoms with van der Waals surface area (Å²) in [5, 5.41) is 14.0. The number of hydrogen-bond donors (Lipinski definition) is 2. The molecule has 2 aromatic carbocycles. The normalized spacial score (nSPS) is 11.0.